The first-order chi connectivity index (χ1) is 21.6. The van der Waals surface area contributed by atoms with Gasteiger partial charge in [-0.15, -0.1) is 0 Å². The fourth-order valence-electron chi connectivity index (χ4n) is 6.37. The first-order valence-corrected chi connectivity index (χ1v) is 17.0. The molecule has 0 N–H and O–H groups in total. The summed E-state index contributed by atoms with van der Waals surface area (Å²) in [6.07, 6.45) is 8.74. The fraction of sp³-hybridized carbons (Fsp3) is 0.647. The highest BCUT2D eigenvalue weighted by molar-refractivity contribution is 6.29. The van der Waals surface area contributed by atoms with Crippen molar-refractivity contribution in [3.8, 4) is 11.5 Å². The van der Waals surface area contributed by atoms with Crippen LogP contribution < -0.4 is 9.47 Å². The van der Waals surface area contributed by atoms with Crippen molar-refractivity contribution in [2.75, 3.05) is 26.2 Å². The maximum Gasteiger partial charge on any atom is 0.410 e. The Morgan fingerprint density at radius 3 is 1.37 bits per heavy atom. The van der Waals surface area contributed by atoms with Crippen molar-refractivity contribution in [3.05, 3.63) is 46.0 Å². The normalized spacial score (nSPS) is 21.7. The van der Waals surface area contributed by atoms with Gasteiger partial charge in [0.25, 0.3) is 0 Å². The van der Waals surface area contributed by atoms with Crippen LogP contribution in [0, 0.1) is 11.8 Å². The van der Waals surface area contributed by atoms with Crippen molar-refractivity contribution in [2.24, 2.45) is 11.8 Å². The molecular weight excluding hydrogens is 631 g/mol. The molecule has 2 saturated heterocycles. The summed E-state index contributed by atoms with van der Waals surface area (Å²) >= 11 is 11.9. The Balaban J connectivity index is 0.000000181. The zero-order chi connectivity index (χ0) is 33.2. The molecule has 252 valence electrons. The Morgan fingerprint density at radius 1 is 0.696 bits per heavy atom. The van der Waals surface area contributed by atoms with Crippen molar-refractivity contribution in [3.63, 3.8) is 0 Å². The van der Waals surface area contributed by atoms with Gasteiger partial charge >= 0.3 is 12.2 Å². The van der Waals surface area contributed by atoms with E-state index in [-0.39, 0.29) is 24.4 Å². The Morgan fingerprint density at radius 2 is 1.04 bits per heavy atom. The van der Waals surface area contributed by atoms with E-state index in [1.807, 2.05) is 53.7 Å². The van der Waals surface area contributed by atoms with Crippen molar-refractivity contribution < 1.29 is 28.5 Å². The van der Waals surface area contributed by atoms with Crippen molar-refractivity contribution >= 4 is 35.4 Å². The van der Waals surface area contributed by atoms with E-state index < -0.39 is 11.2 Å². The number of halogens is 2. The van der Waals surface area contributed by atoms with Crippen LogP contribution in [0.2, 0.25) is 10.3 Å². The van der Waals surface area contributed by atoms with E-state index in [4.69, 9.17) is 42.1 Å². The molecule has 46 heavy (non-hydrogen) atoms. The number of rotatable bonds is 2. The number of nitrogens with zero attached hydrogens (tertiary/aromatic N) is 4. The molecule has 2 fully saturated rings. The van der Waals surface area contributed by atoms with Gasteiger partial charge in [-0.1, -0.05) is 23.2 Å². The lowest BCUT2D eigenvalue weighted by molar-refractivity contribution is 0.0115. The van der Waals surface area contributed by atoms with E-state index in [1.165, 1.54) is 0 Å². The Bertz CT molecular complexity index is 1290. The third-order valence-electron chi connectivity index (χ3n) is 8.66. The Kier molecular flexibility index (Phi) is 10.5. The highest BCUT2D eigenvalue weighted by Gasteiger charge is 2.36. The summed E-state index contributed by atoms with van der Waals surface area (Å²) in [6.45, 7) is 14.2. The maximum atomic E-state index is 12.1. The number of aromatic nitrogens is 2. The van der Waals surface area contributed by atoms with Gasteiger partial charge in [-0.2, -0.15) is 0 Å². The number of carbonyl (C=O) groups excluding carboxylic acids is 2. The largest absolute Gasteiger partial charge is 0.488 e. The summed E-state index contributed by atoms with van der Waals surface area (Å²) in [5.41, 5.74) is 1.36. The van der Waals surface area contributed by atoms with E-state index in [9.17, 15) is 9.59 Å². The van der Waals surface area contributed by atoms with Gasteiger partial charge < -0.3 is 28.7 Å². The molecule has 2 aromatic heterocycles. The van der Waals surface area contributed by atoms with Crippen molar-refractivity contribution in [2.45, 2.75) is 103 Å². The van der Waals surface area contributed by atoms with Crippen LogP contribution in [-0.2, 0) is 22.3 Å². The SMILES string of the molecule is CC(C)(C)OC(=O)N1CCC([C@@H]2Cc3cc(Cl)ncc3O2)CC1.CC(C)(C)OC(=O)N1CCC([C@H]2Cc3cc(Cl)ncc3O2)CC1. The molecule has 0 radical (unpaired) electrons. The van der Waals surface area contributed by atoms with Gasteiger partial charge in [0.05, 0.1) is 12.4 Å². The molecule has 0 bridgehead atoms. The molecule has 4 aliphatic heterocycles. The number of pyridine rings is 2. The van der Waals surface area contributed by atoms with Gasteiger partial charge in [0.2, 0.25) is 0 Å². The van der Waals surface area contributed by atoms with Crippen LogP contribution in [0.5, 0.6) is 11.5 Å². The van der Waals surface area contributed by atoms with Gasteiger partial charge in [-0.05, 0) is 91.2 Å². The molecule has 0 aromatic carbocycles. The van der Waals surface area contributed by atoms with E-state index >= 15 is 0 Å². The first kappa shape index (κ1) is 34.4. The highest BCUT2D eigenvalue weighted by atomic mass is 35.5. The molecule has 0 aliphatic carbocycles. The molecule has 2 atom stereocenters. The molecule has 10 nitrogen and oxygen atoms in total. The van der Waals surface area contributed by atoms with Crippen LogP contribution >= 0.6 is 23.2 Å². The number of amides is 2. The molecule has 4 aliphatic rings. The van der Waals surface area contributed by atoms with E-state index in [0.717, 1.165) is 87.3 Å². The van der Waals surface area contributed by atoms with Crippen molar-refractivity contribution in [1.82, 2.24) is 19.8 Å². The standard InChI is InChI=1S/2C17H23ClN2O3/c2*1-17(2,3)23-16(21)20-6-4-11(5-7-20)13-8-12-9-15(18)19-10-14(12)22-13/h2*9-11,13H,4-8H2,1-3H3/t2*13-/m10/s1. The van der Waals surface area contributed by atoms with E-state index in [0.29, 0.717) is 22.1 Å². The lowest BCUT2D eigenvalue weighted by Gasteiger charge is -2.35. The molecule has 0 saturated carbocycles. The van der Waals surface area contributed by atoms with Crippen LogP contribution in [0.1, 0.15) is 78.4 Å². The topological polar surface area (TPSA) is 103 Å². The smallest absolute Gasteiger partial charge is 0.410 e. The molecule has 0 spiro atoms. The summed E-state index contributed by atoms with van der Waals surface area (Å²) in [7, 11) is 0. The molecule has 6 heterocycles. The molecule has 0 unspecified atom stereocenters. The number of hydrogen-bond acceptors (Lipinski definition) is 8. The summed E-state index contributed by atoms with van der Waals surface area (Å²) in [6, 6.07) is 3.76. The van der Waals surface area contributed by atoms with Gasteiger partial charge in [-0.25, -0.2) is 19.6 Å². The number of hydrogen-bond donors (Lipinski definition) is 0. The zero-order valence-corrected chi connectivity index (χ0v) is 29.2. The number of fused-ring (bicyclic) bond motifs is 2. The van der Waals surface area contributed by atoms with E-state index in [2.05, 4.69) is 9.97 Å². The maximum absolute atomic E-state index is 12.1. The summed E-state index contributed by atoms with van der Waals surface area (Å²) in [5, 5.41) is 1.01. The van der Waals surface area contributed by atoms with Crippen LogP contribution in [0.25, 0.3) is 0 Å². The first-order valence-electron chi connectivity index (χ1n) is 16.2. The molecule has 2 aromatic rings. The van der Waals surface area contributed by atoms with Crippen LogP contribution in [-0.4, -0.2) is 81.5 Å². The molecule has 6 rings (SSSR count). The average molecular weight is 678 g/mol. The lowest BCUT2D eigenvalue weighted by atomic mass is 9.89. The third kappa shape index (κ3) is 9.09. The second-order valence-corrected chi connectivity index (χ2v) is 15.3. The second-order valence-electron chi connectivity index (χ2n) is 14.6. The van der Waals surface area contributed by atoms with Crippen LogP contribution in [0.3, 0.4) is 0 Å². The number of ether oxygens (including phenoxy) is 4. The number of piperidine rings is 2. The third-order valence-corrected chi connectivity index (χ3v) is 9.08. The lowest BCUT2D eigenvalue weighted by Crippen LogP contribution is -2.44. The minimum absolute atomic E-state index is 0.158. The van der Waals surface area contributed by atoms with Crippen molar-refractivity contribution in [1.29, 1.82) is 0 Å². The van der Waals surface area contributed by atoms with Crippen LogP contribution in [0.15, 0.2) is 24.5 Å². The Hall–Kier alpha value is -2.98. The summed E-state index contributed by atoms with van der Waals surface area (Å²) in [4.78, 5) is 35.9. The van der Waals surface area contributed by atoms with Crippen LogP contribution in [0.4, 0.5) is 9.59 Å². The monoisotopic (exact) mass is 676 g/mol. The predicted molar refractivity (Wildman–Crippen MR) is 176 cm³/mol. The average Bonchev–Trinajstić information content (AvgIpc) is 3.60. The molecule has 12 heteroatoms. The van der Waals surface area contributed by atoms with Gasteiger partial charge in [0, 0.05) is 50.1 Å². The summed E-state index contributed by atoms with van der Waals surface area (Å²) < 4.78 is 22.9. The van der Waals surface area contributed by atoms with Gasteiger partial charge in [-0.3, -0.25) is 0 Å². The van der Waals surface area contributed by atoms with E-state index in [1.54, 1.807) is 22.2 Å². The fourth-order valence-corrected chi connectivity index (χ4v) is 6.73. The zero-order valence-electron chi connectivity index (χ0n) is 27.7. The summed E-state index contributed by atoms with van der Waals surface area (Å²) in [5.74, 6) is 2.57. The minimum atomic E-state index is -0.448. The second kappa shape index (κ2) is 14.0. The molecule has 2 amide bonds. The predicted octanol–water partition coefficient (Wildman–Crippen LogP) is 7.37. The molecular formula is C34H46Cl2N4O6. The quantitative estimate of drug-likeness (QED) is 0.304. The van der Waals surface area contributed by atoms with Gasteiger partial charge in [0.15, 0.2) is 0 Å². The highest BCUT2D eigenvalue weighted by Crippen LogP contribution is 2.37. The number of carbonyl (C=O) groups is 2. The Labute approximate surface area is 282 Å². The number of likely N-dealkylation sites (tertiary alicyclic amines) is 2. The minimum Gasteiger partial charge on any atom is -0.488 e. The van der Waals surface area contributed by atoms with Gasteiger partial charge in [0.1, 0.15) is 45.2 Å².